The smallest absolute Gasteiger partial charge is 0.242 e. The first-order valence-electron chi connectivity index (χ1n) is 7.06. The summed E-state index contributed by atoms with van der Waals surface area (Å²) in [6, 6.07) is 11.6. The van der Waals surface area contributed by atoms with Crippen molar-refractivity contribution < 1.29 is 4.79 Å². The predicted octanol–water partition coefficient (Wildman–Crippen LogP) is 2.16. The van der Waals surface area contributed by atoms with Crippen molar-refractivity contribution in [1.29, 1.82) is 5.26 Å². The number of carbonyl (C=O) groups is 1. The Hall–Kier alpha value is -2.61. The van der Waals surface area contributed by atoms with E-state index in [-0.39, 0.29) is 18.5 Å². The van der Waals surface area contributed by atoms with Crippen molar-refractivity contribution in [2.24, 2.45) is 0 Å². The topological polar surface area (TPSA) is 69.0 Å². The maximum absolute atomic E-state index is 12.2. The third kappa shape index (κ3) is 2.65. The lowest BCUT2D eigenvalue weighted by Crippen LogP contribution is -2.38. The van der Waals surface area contributed by atoms with Gasteiger partial charge in [-0.3, -0.25) is 9.78 Å². The molecule has 5 heteroatoms. The van der Waals surface area contributed by atoms with Gasteiger partial charge in [0, 0.05) is 23.8 Å². The van der Waals surface area contributed by atoms with Crippen molar-refractivity contribution >= 4 is 22.5 Å². The predicted molar refractivity (Wildman–Crippen MR) is 80.6 cm³/mol. The van der Waals surface area contributed by atoms with E-state index >= 15 is 0 Å². The number of likely N-dealkylation sites (tertiary alicyclic amines) is 1. The van der Waals surface area contributed by atoms with Gasteiger partial charge in [0.25, 0.3) is 0 Å². The second-order valence-corrected chi connectivity index (χ2v) is 5.10. The number of anilines is 1. The van der Waals surface area contributed by atoms with Gasteiger partial charge in [-0.05, 0) is 25.0 Å². The first kappa shape index (κ1) is 13.4. The highest BCUT2D eigenvalue weighted by Gasteiger charge is 2.28. The average molecular weight is 280 g/mol. The van der Waals surface area contributed by atoms with Gasteiger partial charge in [0.15, 0.2) is 0 Å². The molecule has 0 radical (unpaired) electrons. The van der Waals surface area contributed by atoms with Crippen molar-refractivity contribution in [2.75, 3.05) is 18.4 Å². The molecule has 0 bridgehead atoms. The fourth-order valence-electron chi connectivity index (χ4n) is 2.72. The molecule has 1 fully saturated rings. The standard InChI is InChI=1S/C16H16N4O/c17-10-12-4-3-9-20(12)16(21)11-19-15-7-8-18-14-6-2-1-5-13(14)15/h1-2,5-8,12H,3-4,9,11H2,(H,18,19). The molecular formula is C16H16N4O. The normalized spacial score (nSPS) is 17.7. The van der Waals surface area contributed by atoms with Gasteiger partial charge in [-0.25, -0.2) is 0 Å². The van der Waals surface area contributed by atoms with Gasteiger partial charge in [0.05, 0.1) is 18.1 Å². The molecule has 2 heterocycles. The molecule has 1 amide bonds. The molecule has 1 N–H and O–H groups in total. The lowest BCUT2D eigenvalue weighted by Gasteiger charge is -2.20. The van der Waals surface area contributed by atoms with Crippen LogP contribution in [0.15, 0.2) is 36.5 Å². The number of nitrogens with zero attached hydrogens (tertiary/aromatic N) is 3. The molecule has 3 rings (SSSR count). The average Bonchev–Trinajstić information content (AvgIpc) is 3.01. The van der Waals surface area contributed by atoms with Crippen LogP contribution in [0.25, 0.3) is 10.9 Å². The number of hydrogen-bond acceptors (Lipinski definition) is 4. The van der Waals surface area contributed by atoms with Crippen LogP contribution < -0.4 is 5.32 Å². The summed E-state index contributed by atoms with van der Waals surface area (Å²) in [5, 5.41) is 13.2. The van der Waals surface area contributed by atoms with Gasteiger partial charge in [0.2, 0.25) is 5.91 Å². The number of carbonyl (C=O) groups excluding carboxylic acids is 1. The molecule has 1 unspecified atom stereocenters. The summed E-state index contributed by atoms with van der Waals surface area (Å²) >= 11 is 0. The van der Waals surface area contributed by atoms with E-state index in [4.69, 9.17) is 5.26 Å². The van der Waals surface area contributed by atoms with Crippen molar-refractivity contribution in [1.82, 2.24) is 9.88 Å². The number of aromatic nitrogens is 1. The van der Waals surface area contributed by atoms with Crippen LogP contribution in [0, 0.1) is 11.3 Å². The van der Waals surface area contributed by atoms with Crippen LogP contribution >= 0.6 is 0 Å². The minimum absolute atomic E-state index is 0.0278. The highest BCUT2D eigenvalue weighted by atomic mass is 16.2. The lowest BCUT2D eigenvalue weighted by molar-refractivity contribution is -0.129. The van der Waals surface area contributed by atoms with Gasteiger partial charge < -0.3 is 10.2 Å². The van der Waals surface area contributed by atoms with Gasteiger partial charge in [-0.2, -0.15) is 5.26 Å². The van der Waals surface area contributed by atoms with E-state index in [0.29, 0.717) is 6.54 Å². The van der Waals surface area contributed by atoms with Crippen molar-refractivity contribution in [2.45, 2.75) is 18.9 Å². The van der Waals surface area contributed by atoms with Gasteiger partial charge >= 0.3 is 0 Å². The minimum Gasteiger partial charge on any atom is -0.376 e. The fourth-order valence-corrected chi connectivity index (χ4v) is 2.72. The van der Waals surface area contributed by atoms with Crippen LogP contribution in [-0.2, 0) is 4.79 Å². The largest absolute Gasteiger partial charge is 0.376 e. The molecule has 5 nitrogen and oxygen atoms in total. The number of hydrogen-bond donors (Lipinski definition) is 1. The van der Waals surface area contributed by atoms with Crippen LogP contribution in [0.3, 0.4) is 0 Å². The molecule has 1 atom stereocenters. The van der Waals surface area contributed by atoms with Gasteiger partial charge in [0.1, 0.15) is 6.04 Å². The maximum atomic E-state index is 12.2. The van der Waals surface area contributed by atoms with E-state index in [9.17, 15) is 4.79 Å². The van der Waals surface area contributed by atoms with Crippen molar-refractivity contribution in [3.05, 3.63) is 36.5 Å². The molecule has 1 saturated heterocycles. The Morgan fingerprint density at radius 2 is 2.29 bits per heavy atom. The van der Waals surface area contributed by atoms with Crippen molar-refractivity contribution in [3.8, 4) is 6.07 Å². The maximum Gasteiger partial charge on any atom is 0.242 e. The molecule has 1 aromatic carbocycles. The quantitative estimate of drug-likeness (QED) is 0.935. The summed E-state index contributed by atoms with van der Waals surface area (Å²) in [5.74, 6) is -0.0278. The van der Waals surface area contributed by atoms with E-state index in [0.717, 1.165) is 29.4 Å². The van der Waals surface area contributed by atoms with E-state index in [1.165, 1.54) is 0 Å². The summed E-state index contributed by atoms with van der Waals surface area (Å²) in [4.78, 5) is 18.2. The van der Waals surface area contributed by atoms with Gasteiger partial charge in [-0.1, -0.05) is 18.2 Å². The van der Waals surface area contributed by atoms with Crippen LogP contribution in [0.5, 0.6) is 0 Å². The zero-order valence-corrected chi connectivity index (χ0v) is 11.6. The summed E-state index contributed by atoms with van der Waals surface area (Å²) in [5.41, 5.74) is 1.78. The number of para-hydroxylation sites is 1. The number of fused-ring (bicyclic) bond motifs is 1. The zero-order valence-electron chi connectivity index (χ0n) is 11.6. The highest BCUT2D eigenvalue weighted by Crippen LogP contribution is 2.21. The Labute approximate surface area is 123 Å². The molecule has 0 aliphatic carbocycles. The summed E-state index contributed by atoms with van der Waals surface area (Å²) in [7, 11) is 0. The van der Waals surface area contributed by atoms with E-state index in [1.807, 2.05) is 30.3 Å². The first-order valence-corrected chi connectivity index (χ1v) is 7.06. The van der Waals surface area contributed by atoms with Crippen LogP contribution in [0.4, 0.5) is 5.69 Å². The number of rotatable bonds is 3. The molecule has 1 aliphatic rings. The number of pyridine rings is 1. The second kappa shape index (κ2) is 5.80. The SMILES string of the molecule is N#CC1CCCN1C(=O)CNc1ccnc2ccccc12. The van der Waals surface area contributed by atoms with Gasteiger partial charge in [-0.15, -0.1) is 0 Å². The molecule has 0 saturated carbocycles. The van der Waals surface area contributed by atoms with E-state index in [1.54, 1.807) is 11.1 Å². The number of nitrogens with one attached hydrogen (secondary N) is 1. The molecule has 1 aliphatic heterocycles. The number of amides is 1. The Morgan fingerprint density at radius 1 is 1.43 bits per heavy atom. The van der Waals surface area contributed by atoms with E-state index < -0.39 is 0 Å². The Bertz CT molecular complexity index is 701. The lowest BCUT2D eigenvalue weighted by atomic mass is 10.2. The fraction of sp³-hybridized carbons (Fsp3) is 0.312. The third-order valence-corrected chi connectivity index (χ3v) is 3.80. The molecule has 1 aromatic heterocycles. The van der Waals surface area contributed by atoms with Crippen molar-refractivity contribution in [3.63, 3.8) is 0 Å². The molecule has 21 heavy (non-hydrogen) atoms. The molecule has 106 valence electrons. The van der Waals surface area contributed by atoms with Crippen LogP contribution in [-0.4, -0.2) is 34.9 Å². The highest BCUT2D eigenvalue weighted by molar-refractivity contribution is 5.92. The Morgan fingerprint density at radius 3 is 3.14 bits per heavy atom. The zero-order chi connectivity index (χ0) is 14.7. The monoisotopic (exact) mass is 280 g/mol. The number of benzene rings is 1. The van der Waals surface area contributed by atoms with Crippen LogP contribution in [0.1, 0.15) is 12.8 Å². The number of nitriles is 1. The third-order valence-electron chi connectivity index (χ3n) is 3.80. The van der Waals surface area contributed by atoms with Crippen LogP contribution in [0.2, 0.25) is 0 Å². The summed E-state index contributed by atoms with van der Waals surface area (Å²) < 4.78 is 0. The summed E-state index contributed by atoms with van der Waals surface area (Å²) in [6.07, 6.45) is 3.41. The molecule has 2 aromatic rings. The molecule has 0 spiro atoms. The van der Waals surface area contributed by atoms with E-state index in [2.05, 4.69) is 16.4 Å². The minimum atomic E-state index is -0.270. The Balaban J connectivity index is 1.72. The summed E-state index contributed by atoms with van der Waals surface area (Å²) in [6.45, 7) is 0.877. The Kier molecular flexibility index (Phi) is 3.69. The second-order valence-electron chi connectivity index (χ2n) is 5.10. The first-order chi connectivity index (χ1) is 10.3. The molecular weight excluding hydrogens is 264 g/mol.